The van der Waals surface area contributed by atoms with E-state index in [-0.39, 0.29) is 11.3 Å². The third-order valence-electron chi connectivity index (χ3n) is 3.46. The molecule has 0 aliphatic heterocycles. The van der Waals surface area contributed by atoms with Crippen LogP contribution in [0, 0.1) is 17.5 Å². The standard InChI is InChI=1S/C20H21F6N/c1-4-6-13(5-2)15(8-7-12(3)21)20(27-11-18(25)26)19-16(23)9-14(22)10-17(19)24/h4-10,12,18,27H,11H2,1-3H3/b6-4-,8-7?,13-5+,20-15+. The van der Waals surface area contributed by atoms with E-state index in [1.807, 2.05) is 0 Å². The number of halogens is 6. The highest BCUT2D eigenvalue weighted by Crippen LogP contribution is 2.29. The Morgan fingerprint density at radius 3 is 2.07 bits per heavy atom. The van der Waals surface area contributed by atoms with Gasteiger partial charge in [0.05, 0.1) is 17.8 Å². The van der Waals surface area contributed by atoms with Crippen LogP contribution in [0.25, 0.3) is 5.70 Å². The van der Waals surface area contributed by atoms with Crippen LogP contribution in [0.3, 0.4) is 0 Å². The van der Waals surface area contributed by atoms with Crippen molar-refractivity contribution in [1.82, 2.24) is 5.32 Å². The molecule has 0 aliphatic carbocycles. The van der Waals surface area contributed by atoms with E-state index in [4.69, 9.17) is 0 Å². The third-order valence-corrected chi connectivity index (χ3v) is 3.46. The second-order valence-electron chi connectivity index (χ2n) is 5.59. The molecule has 148 valence electrons. The van der Waals surface area contributed by atoms with Gasteiger partial charge in [-0.1, -0.05) is 30.4 Å². The SMILES string of the molecule is C\C=C/C(=C\C)C(/C=CC(C)F)=C(/NCC(F)F)c1c(F)cc(F)cc1F. The lowest BCUT2D eigenvalue weighted by Gasteiger charge is -2.18. The fourth-order valence-corrected chi connectivity index (χ4v) is 2.35. The molecule has 0 amide bonds. The second kappa shape index (κ2) is 10.6. The molecule has 1 N–H and O–H groups in total. The molecule has 0 radical (unpaired) electrons. The smallest absolute Gasteiger partial charge is 0.255 e. The zero-order chi connectivity index (χ0) is 20.6. The van der Waals surface area contributed by atoms with Gasteiger partial charge >= 0.3 is 0 Å². The van der Waals surface area contributed by atoms with Gasteiger partial charge in [-0.15, -0.1) is 0 Å². The summed E-state index contributed by atoms with van der Waals surface area (Å²) in [6.07, 6.45) is 2.94. The minimum absolute atomic E-state index is 0.0881. The average molecular weight is 389 g/mol. The predicted octanol–water partition coefficient (Wildman–Crippen LogP) is 6.11. The van der Waals surface area contributed by atoms with E-state index >= 15 is 0 Å². The Morgan fingerprint density at radius 1 is 1.04 bits per heavy atom. The van der Waals surface area contributed by atoms with Crippen LogP contribution < -0.4 is 5.32 Å². The number of benzene rings is 1. The van der Waals surface area contributed by atoms with Crippen LogP contribution in [0.15, 0.2) is 53.7 Å². The summed E-state index contributed by atoms with van der Waals surface area (Å²) in [6, 6.07) is 0.902. The number of allylic oxidation sites excluding steroid dienone is 7. The topological polar surface area (TPSA) is 12.0 Å². The minimum atomic E-state index is -2.81. The molecule has 0 saturated carbocycles. The molecular formula is C20H21F6N. The van der Waals surface area contributed by atoms with Crippen LogP contribution in [0.4, 0.5) is 26.3 Å². The molecule has 1 aromatic carbocycles. The maximum absolute atomic E-state index is 14.3. The van der Waals surface area contributed by atoms with Crippen molar-refractivity contribution in [2.75, 3.05) is 6.54 Å². The molecule has 0 fully saturated rings. The lowest BCUT2D eigenvalue weighted by Crippen LogP contribution is -2.23. The highest BCUT2D eigenvalue weighted by molar-refractivity contribution is 5.76. The van der Waals surface area contributed by atoms with Gasteiger partial charge in [-0.05, 0) is 26.3 Å². The summed E-state index contributed by atoms with van der Waals surface area (Å²) >= 11 is 0. The van der Waals surface area contributed by atoms with Crippen molar-refractivity contribution in [3.05, 3.63) is 76.7 Å². The molecule has 27 heavy (non-hydrogen) atoms. The first-order valence-corrected chi connectivity index (χ1v) is 8.24. The van der Waals surface area contributed by atoms with Crippen LogP contribution in [0.1, 0.15) is 26.3 Å². The third kappa shape index (κ3) is 6.66. The van der Waals surface area contributed by atoms with Crippen molar-refractivity contribution in [2.45, 2.75) is 33.4 Å². The van der Waals surface area contributed by atoms with Gasteiger partial charge in [-0.2, -0.15) is 0 Å². The Bertz CT molecular complexity index is 737. The van der Waals surface area contributed by atoms with E-state index in [0.29, 0.717) is 17.7 Å². The molecule has 1 unspecified atom stereocenters. The molecule has 7 heteroatoms. The molecule has 0 aromatic heterocycles. The zero-order valence-corrected chi connectivity index (χ0v) is 15.2. The Labute approximate surface area is 154 Å². The first kappa shape index (κ1) is 22.6. The van der Waals surface area contributed by atoms with Crippen molar-refractivity contribution in [2.24, 2.45) is 0 Å². The molecule has 0 bridgehead atoms. The highest BCUT2D eigenvalue weighted by Gasteiger charge is 2.21. The van der Waals surface area contributed by atoms with Crippen LogP contribution in [-0.2, 0) is 0 Å². The van der Waals surface area contributed by atoms with Crippen molar-refractivity contribution in [3.8, 4) is 0 Å². The predicted molar refractivity (Wildman–Crippen MR) is 95.5 cm³/mol. The quantitative estimate of drug-likeness (QED) is 0.418. The average Bonchev–Trinajstić information content (AvgIpc) is 2.56. The molecular weight excluding hydrogens is 368 g/mol. The monoisotopic (exact) mass is 389 g/mol. The van der Waals surface area contributed by atoms with Crippen LogP contribution in [0.2, 0.25) is 0 Å². The normalized spacial score (nSPS) is 15.0. The number of nitrogens with one attached hydrogen (secondary N) is 1. The summed E-state index contributed by atoms with van der Waals surface area (Å²) in [4.78, 5) is 0. The molecule has 0 aliphatic rings. The molecule has 0 heterocycles. The fourth-order valence-electron chi connectivity index (χ4n) is 2.35. The summed E-state index contributed by atoms with van der Waals surface area (Å²) in [5.41, 5.74) is -0.528. The van der Waals surface area contributed by atoms with Gasteiger partial charge in [0.2, 0.25) is 0 Å². The van der Waals surface area contributed by atoms with Crippen LogP contribution in [0.5, 0.6) is 0 Å². The molecule has 1 nitrogen and oxygen atoms in total. The van der Waals surface area contributed by atoms with Gasteiger partial charge in [-0.25, -0.2) is 26.3 Å². The zero-order valence-electron chi connectivity index (χ0n) is 15.2. The van der Waals surface area contributed by atoms with Crippen LogP contribution >= 0.6 is 0 Å². The van der Waals surface area contributed by atoms with E-state index in [1.54, 1.807) is 32.1 Å². The Hall–Kier alpha value is -2.44. The first-order chi connectivity index (χ1) is 12.7. The van der Waals surface area contributed by atoms with Gasteiger partial charge in [0.15, 0.2) is 0 Å². The minimum Gasteiger partial charge on any atom is -0.378 e. The van der Waals surface area contributed by atoms with Gasteiger partial charge in [0.25, 0.3) is 6.43 Å². The summed E-state index contributed by atoms with van der Waals surface area (Å²) in [7, 11) is 0. The van der Waals surface area contributed by atoms with Gasteiger partial charge < -0.3 is 5.32 Å². The Kier molecular flexibility index (Phi) is 8.91. The number of hydrogen-bond acceptors (Lipinski definition) is 1. The van der Waals surface area contributed by atoms with Crippen LogP contribution in [-0.4, -0.2) is 19.1 Å². The summed E-state index contributed by atoms with van der Waals surface area (Å²) in [6.45, 7) is 3.66. The fraction of sp³-hybridized carbons (Fsp3) is 0.300. The first-order valence-electron chi connectivity index (χ1n) is 8.24. The Morgan fingerprint density at radius 2 is 1.63 bits per heavy atom. The summed E-state index contributed by atoms with van der Waals surface area (Å²) in [5.74, 6) is -3.67. The lowest BCUT2D eigenvalue weighted by molar-refractivity contribution is 0.151. The summed E-state index contributed by atoms with van der Waals surface area (Å²) in [5, 5.41) is 2.31. The van der Waals surface area contributed by atoms with Gasteiger partial charge in [0, 0.05) is 17.7 Å². The maximum Gasteiger partial charge on any atom is 0.255 e. The number of alkyl halides is 3. The molecule has 1 aromatic rings. The van der Waals surface area contributed by atoms with E-state index in [0.717, 1.165) is 6.08 Å². The van der Waals surface area contributed by atoms with Crippen molar-refractivity contribution >= 4 is 5.70 Å². The molecule has 0 spiro atoms. The van der Waals surface area contributed by atoms with Gasteiger partial charge in [0.1, 0.15) is 23.6 Å². The highest BCUT2D eigenvalue weighted by atomic mass is 19.3. The maximum atomic E-state index is 14.3. The Balaban J connectivity index is 3.81. The largest absolute Gasteiger partial charge is 0.378 e. The van der Waals surface area contributed by atoms with Crippen molar-refractivity contribution < 1.29 is 26.3 Å². The second-order valence-corrected chi connectivity index (χ2v) is 5.59. The molecule has 1 atom stereocenters. The number of rotatable bonds is 8. The van der Waals surface area contributed by atoms with Gasteiger partial charge in [-0.3, -0.25) is 0 Å². The van der Waals surface area contributed by atoms with E-state index in [1.165, 1.54) is 13.0 Å². The van der Waals surface area contributed by atoms with E-state index < -0.39 is 42.2 Å². The van der Waals surface area contributed by atoms with Crippen molar-refractivity contribution in [3.63, 3.8) is 0 Å². The lowest BCUT2D eigenvalue weighted by atomic mass is 9.97. The van der Waals surface area contributed by atoms with E-state index in [2.05, 4.69) is 5.32 Å². The molecule has 0 saturated heterocycles. The summed E-state index contributed by atoms with van der Waals surface area (Å²) < 4.78 is 80.7. The molecule has 1 rings (SSSR count). The number of hydrogen-bond donors (Lipinski definition) is 1. The van der Waals surface area contributed by atoms with E-state index in [9.17, 15) is 26.3 Å². The van der Waals surface area contributed by atoms with Crippen molar-refractivity contribution in [1.29, 1.82) is 0 Å².